The first-order chi connectivity index (χ1) is 11.9. The molecule has 1 atom stereocenters. The van der Waals surface area contributed by atoms with E-state index in [4.69, 9.17) is 9.84 Å². The molecule has 2 N–H and O–H groups in total. The van der Waals surface area contributed by atoms with Crippen LogP contribution in [-0.2, 0) is 9.59 Å². The van der Waals surface area contributed by atoms with E-state index in [1.54, 1.807) is 31.2 Å². The fourth-order valence-corrected chi connectivity index (χ4v) is 2.47. The lowest BCUT2D eigenvalue weighted by molar-refractivity contribution is -0.138. The summed E-state index contributed by atoms with van der Waals surface area (Å²) in [7, 11) is 0. The van der Waals surface area contributed by atoms with Crippen molar-refractivity contribution in [2.24, 2.45) is 0 Å². The lowest BCUT2D eigenvalue weighted by atomic mass is 10.0. The average molecular weight is 341 g/mol. The van der Waals surface area contributed by atoms with E-state index in [1.807, 2.05) is 32.0 Å². The molecular weight excluding hydrogens is 318 g/mol. The molecule has 0 bridgehead atoms. The summed E-state index contributed by atoms with van der Waals surface area (Å²) in [6.45, 7) is 5.88. The van der Waals surface area contributed by atoms with Gasteiger partial charge in [-0.2, -0.15) is 0 Å². The zero-order valence-corrected chi connectivity index (χ0v) is 14.7. The molecule has 0 aliphatic carbocycles. The van der Waals surface area contributed by atoms with Crippen molar-refractivity contribution in [1.82, 2.24) is 0 Å². The van der Waals surface area contributed by atoms with Crippen molar-refractivity contribution in [3.63, 3.8) is 0 Å². The number of aryl methyl sites for hydroxylation is 2. The molecule has 0 spiro atoms. The van der Waals surface area contributed by atoms with Gasteiger partial charge in [-0.1, -0.05) is 29.8 Å². The van der Waals surface area contributed by atoms with Crippen LogP contribution in [0, 0.1) is 13.8 Å². The Morgan fingerprint density at radius 2 is 1.92 bits per heavy atom. The molecule has 0 aromatic heterocycles. The maximum atomic E-state index is 12.0. The Hall–Kier alpha value is -2.82. The molecule has 25 heavy (non-hydrogen) atoms. The third-order valence-electron chi connectivity index (χ3n) is 3.96. The minimum atomic E-state index is -0.898. The molecule has 5 nitrogen and oxygen atoms in total. The van der Waals surface area contributed by atoms with Crippen LogP contribution < -0.4 is 10.1 Å². The Bertz CT molecular complexity index is 770. The first kappa shape index (κ1) is 18.5. The van der Waals surface area contributed by atoms with Crippen LogP contribution in [0.5, 0.6) is 5.75 Å². The molecule has 0 aliphatic rings. The molecule has 0 saturated carbocycles. The van der Waals surface area contributed by atoms with E-state index < -0.39 is 11.9 Å². The highest BCUT2D eigenvalue weighted by atomic mass is 16.5. The van der Waals surface area contributed by atoms with Crippen LogP contribution in [0.2, 0.25) is 0 Å². The summed E-state index contributed by atoms with van der Waals surface area (Å²) in [4.78, 5) is 23.1. The summed E-state index contributed by atoms with van der Waals surface area (Å²) < 4.78 is 5.66. The van der Waals surface area contributed by atoms with Gasteiger partial charge in [-0.25, -0.2) is 0 Å². The van der Waals surface area contributed by atoms with Gasteiger partial charge in [0.2, 0.25) is 5.91 Å². The molecule has 2 aromatic rings. The summed E-state index contributed by atoms with van der Waals surface area (Å²) in [5.41, 5.74) is 3.44. The summed E-state index contributed by atoms with van der Waals surface area (Å²) >= 11 is 0. The first-order valence-electron chi connectivity index (χ1n) is 8.19. The van der Waals surface area contributed by atoms with Crippen LogP contribution in [0.3, 0.4) is 0 Å². The van der Waals surface area contributed by atoms with Gasteiger partial charge in [-0.3, -0.25) is 9.59 Å². The van der Waals surface area contributed by atoms with E-state index in [1.165, 1.54) is 0 Å². The van der Waals surface area contributed by atoms with E-state index in [0.717, 1.165) is 16.9 Å². The molecule has 0 saturated heterocycles. The van der Waals surface area contributed by atoms with Crippen LogP contribution in [0.1, 0.15) is 36.0 Å². The highest BCUT2D eigenvalue weighted by Gasteiger charge is 2.14. The summed E-state index contributed by atoms with van der Waals surface area (Å²) in [5.74, 6) is -0.921. The van der Waals surface area contributed by atoms with Crippen molar-refractivity contribution in [2.45, 2.75) is 33.1 Å². The highest BCUT2D eigenvalue weighted by Crippen LogP contribution is 2.20. The quantitative estimate of drug-likeness (QED) is 0.801. The lowest BCUT2D eigenvalue weighted by Crippen LogP contribution is -2.16. The van der Waals surface area contributed by atoms with E-state index in [0.29, 0.717) is 11.3 Å². The maximum Gasteiger partial charge on any atom is 0.310 e. The van der Waals surface area contributed by atoms with Crippen molar-refractivity contribution in [3.8, 4) is 5.75 Å². The number of carbonyl (C=O) groups is 2. The topological polar surface area (TPSA) is 75.6 Å². The van der Waals surface area contributed by atoms with Gasteiger partial charge in [-0.05, 0) is 50.1 Å². The van der Waals surface area contributed by atoms with Crippen molar-refractivity contribution < 1.29 is 19.4 Å². The van der Waals surface area contributed by atoms with Gasteiger partial charge in [-0.15, -0.1) is 0 Å². The predicted octanol–water partition coefficient (Wildman–Crippen LogP) is 3.90. The first-order valence-corrected chi connectivity index (χ1v) is 8.19. The number of carbonyl (C=O) groups excluding carboxylic acids is 1. The molecule has 0 aliphatic heterocycles. The molecule has 132 valence electrons. The van der Waals surface area contributed by atoms with Crippen molar-refractivity contribution in [3.05, 3.63) is 59.2 Å². The van der Waals surface area contributed by atoms with Gasteiger partial charge < -0.3 is 15.2 Å². The van der Waals surface area contributed by atoms with E-state index in [-0.39, 0.29) is 18.9 Å². The minimum Gasteiger partial charge on any atom is -0.493 e. The zero-order chi connectivity index (χ0) is 18.4. The second-order valence-electron chi connectivity index (χ2n) is 6.10. The zero-order valence-electron chi connectivity index (χ0n) is 14.7. The van der Waals surface area contributed by atoms with Gasteiger partial charge >= 0.3 is 5.97 Å². The summed E-state index contributed by atoms with van der Waals surface area (Å²) in [6.07, 6.45) is 0.214. The molecular formula is C20H23NO4. The highest BCUT2D eigenvalue weighted by molar-refractivity contribution is 5.91. The van der Waals surface area contributed by atoms with Gasteiger partial charge in [0.05, 0.1) is 18.9 Å². The van der Waals surface area contributed by atoms with Crippen molar-refractivity contribution in [2.75, 3.05) is 11.9 Å². The number of nitrogens with one attached hydrogen (secondary N) is 1. The number of rotatable bonds is 7. The lowest BCUT2D eigenvalue weighted by Gasteiger charge is -2.11. The molecule has 2 aromatic carbocycles. The Morgan fingerprint density at radius 3 is 2.60 bits per heavy atom. The molecule has 0 fully saturated rings. The molecule has 0 radical (unpaired) electrons. The Labute approximate surface area is 147 Å². The van der Waals surface area contributed by atoms with Gasteiger partial charge in [0.25, 0.3) is 0 Å². The van der Waals surface area contributed by atoms with Crippen LogP contribution in [0.15, 0.2) is 42.5 Å². The minimum absolute atomic E-state index is 0.176. The van der Waals surface area contributed by atoms with Crippen LogP contribution >= 0.6 is 0 Å². The van der Waals surface area contributed by atoms with Crippen LogP contribution in [0.4, 0.5) is 5.69 Å². The number of hydrogen-bond donors (Lipinski definition) is 2. The standard InChI is InChI=1S/C20H23NO4/c1-13-7-8-18(14(2)11-13)25-10-9-19(22)21-17-6-4-5-16(12-17)15(3)20(23)24/h4-8,11-12,15H,9-10H2,1-3H3,(H,21,22)(H,23,24). The van der Waals surface area contributed by atoms with Crippen LogP contribution in [-0.4, -0.2) is 23.6 Å². The molecule has 1 amide bonds. The number of benzene rings is 2. The second kappa shape index (κ2) is 8.33. The largest absolute Gasteiger partial charge is 0.493 e. The molecule has 0 heterocycles. The molecule has 2 rings (SSSR count). The number of anilines is 1. The Morgan fingerprint density at radius 1 is 1.16 bits per heavy atom. The fraction of sp³-hybridized carbons (Fsp3) is 0.300. The number of carboxylic acid groups (broad SMARTS) is 1. The number of aliphatic carboxylic acids is 1. The summed E-state index contributed by atoms with van der Waals surface area (Å²) in [5, 5.41) is 11.8. The number of ether oxygens (including phenoxy) is 1. The SMILES string of the molecule is Cc1ccc(OCCC(=O)Nc2cccc(C(C)C(=O)O)c2)c(C)c1. The second-order valence-corrected chi connectivity index (χ2v) is 6.10. The summed E-state index contributed by atoms with van der Waals surface area (Å²) in [6, 6.07) is 12.8. The number of carboxylic acids is 1. The molecule has 5 heteroatoms. The predicted molar refractivity (Wildman–Crippen MR) is 97.2 cm³/mol. The van der Waals surface area contributed by atoms with E-state index in [9.17, 15) is 9.59 Å². The normalized spacial score (nSPS) is 11.6. The molecule has 1 unspecified atom stereocenters. The Balaban J connectivity index is 1.88. The fourth-order valence-electron chi connectivity index (χ4n) is 2.47. The van der Waals surface area contributed by atoms with Crippen molar-refractivity contribution in [1.29, 1.82) is 0 Å². The van der Waals surface area contributed by atoms with Gasteiger partial charge in [0.15, 0.2) is 0 Å². The van der Waals surface area contributed by atoms with Crippen LogP contribution in [0.25, 0.3) is 0 Å². The van der Waals surface area contributed by atoms with Gasteiger partial charge in [0.1, 0.15) is 5.75 Å². The maximum absolute atomic E-state index is 12.0. The van der Waals surface area contributed by atoms with Gasteiger partial charge in [0, 0.05) is 5.69 Å². The number of amides is 1. The van der Waals surface area contributed by atoms with E-state index >= 15 is 0 Å². The number of hydrogen-bond acceptors (Lipinski definition) is 3. The third kappa shape index (κ3) is 5.35. The third-order valence-corrected chi connectivity index (χ3v) is 3.96. The smallest absolute Gasteiger partial charge is 0.310 e. The van der Waals surface area contributed by atoms with Crippen molar-refractivity contribution >= 4 is 17.6 Å². The monoisotopic (exact) mass is 341 g/mol. The van der Waals surface area contributed by atoms with E-state index in [2.05, 4.69) is 5.32 Å². The Kier molecular flexibility index (Phi) is 6.17. The average Bonchev–Trinajstić information content (AvgIpc) is 2.56.